The van der Waals surface area contributed by atoms with E-state index in [1.165, 1.54) is 19.3 Å². The molecule has 5 fully saturated rings. The fourth-order valence-corrected chi connectivity index (χ4v) is 7.86. The summed E-state index contributed by atoms with van der Waals surface area (Å²) in [4.78, 5) is 18.0. The van der Waals surface area contributed by atoms with Crippen LogP contribution in [0.3, 0.4) is 0 Å². The third kappa shape index (κ3) is 2.15. The molecule has 4 saturated carbocycles. The van der Waals surface area contributed by atoms with E-state index >= 15 is 0 Å². The van der Waals surface area contributed by atoms with Gasteiger partial charge in [-0.15, -0.1) is 0 Å². The Morgan fingerprint density at radius 2 is 1.14 bits per heavy atom. The lowest BCUT2D eigenvalue weighted by Crippen LogP contribution is -2.64. The van der Waals surface area contributed by atoms with Gasteiger partial charge in [0, 0.05) is 26.2 Å². The van der Waals surface area contributed by atoms with Crippen LogP contribution in [0.4, 0.5) is 0 Å². The van der Waals surface area contributed by atoms with Crippen LogP contribution in [0, 0.1) is 21.7 Å². The van der Waals surface area contributed by atoms with Crippen molar-refractivity contribution in [3.8, 4) is 0 Å². The Bertz CT molecular complexity index is 452. The van der Waals surface area contributed by atoms with E-state index in [1.807, 2.05) is 0 Å². The molecule has 0 unspecified atom stereocenters. The summed E-state index contributed by atoms with van der Waals surface area (Å²) in [5, 5.41) is 0. The smallest absolute Gasteiger partial charge is 0.228 e. The normalized spacial score (nSPS) is 51.4. The molecule has 0 aromatic carbocycles. The van der Waals surface area contributed by atoms with Crippen LogP contribution < -0.4 is 0 Å². The third-order valence-corrected chi connectivity index (χ3v) is 7.10. The van der Waals surface area contributed by atoms with E-state index in [9.17, 15) is 4.79 Å². The summed E-state index contributed by atoms with van der Waals surface area (Å²) in [5.41, 5.74) is 1.17. The largest absolute Gasteiger partial charge is 0.340 e. The van der Waals surface area contributed by atoms with Gasteiger partial charge in [-0.2, -0.15) is 0 Å². The van der Waals surface area contributed by atoms with Crippen LogP contribution >= 0.6 is 0 Å². The minimum absolute atomic E-state index is 0.0388. The molecule has 0 N–H and O–H groups in total. The number of rotatable bonds is 1. The Hall–Kier alpha value is -0.570. The number of hydrogen-bond acceptors (Lipinski definition) is 2. The van der Waals surface area contributed by atoms with Gasteiger partial charge >= 0.3 is 0 Å². The fourth-order valence-electron chi connectivity index (χ4n) is 7.86. The number of nitrogens with zero attached hydrogens (tertiary/aromatic N) is 2. The van der Waals surface area contributed by atoms with Crippen LogP contribution in [0.15, 0.2) is 0 Å². The lowest BCUT2D eigenvalue weighted by Gasteiger charge is -2.68. The van der Waals surface area contributed by atoms with Gasteiger partial charge in [0.1, 0.15) is 0 Å². The highest BCUT2D eigenvalue weighted by Gasteiger charge is 2.66. The molecular weight excluding hydrogens is 272 g/mol. The molecule has 124 valence electrons. The first-order valence-corrected chi connectivity index (χ1v) is 9.13. The molecule has 0 aromatic heterocycles. The van der Waals surface area contributed by atoms with Crippen molar-refractivity contribution < 1.29 is 4.79 Å². The molecule has 5 aliphatic rings. The van der Waals surface area contributed by atoms with Crippen LogP contribution in [0.2, 0.25) is 0 Å². The second-order valence-corrected chi connectivity index (χ2v) is 10.4. The predicted molar refractivity (Wildman–Crippen MR) is 88.5 cm³/mol. The van der Waals surface area contributed by atoms with Crippen molar-refractivity contribution in [3.05, 3.63) is 0 Å². The van der Waals surface area contributed by atoms with E-state index in [2.05, 4.69) is 37.6 Å². The highest BCUT2D eigenvalue weighted by molar-refractivity contribution is 5.83. The van der Waals surface area contributed by atoms with Crippen molar-refractivity contribution in [2.45, 2.75) is 59.3 Å². The quantitative estimate of drug-likeness (QED) is 0.743. The minimum Gasteiger partial charge on any atom is -0.340 e. The van der Waals surface area contributed by atoms with Crippen molar-refractivity contribution >= 4 is 5.91 Å². The summed E-state index contributed by atoms with van der Waals surface area (Å²) in [6, 6.07) is 0. The van der Waals surface area contributed by atoms with E-state index in [1.54, 1.807) is 0 Å². The summed E-state index contributed by atoms with van der Waals surface area (Å²) >= 11 is 0. The zero-order valence-corrected chi connectivity index (χ0v) is 14.9. The maximum atomic E-state index is 13.5. The van der Waals surface area contributed by atoms with E-state index in [0.29, 0.717) is 22.2 Å². The zero-order chi connectivity index (χ0) is 15.8. The van der Waals surface area contributed by atoms with Gasteiger partial charge in [-0.25, -0.2) is 0 Å². The van der Waals surface area contributed by atoms with Crippen LogP contribution in [0.25, 0.3) is 0 Å². The lowest BCUT2D eigenvalue weighted by atomic mass is 9.36. The minimum atomic E-state index is -0.0388. The SMILES string of the molecule is CN1CCN(C(=O)C23CC4(C)CC(C)(CC(C)(C4)C2)C3)CC1. The summed E-state index contributed by atoms with van der Waals surface area (Å²) in [5.74, 6) is 0.503. The first-order valence-electron chi connectivity index (χ1n) is 9.13. The van der Waals surface area contributed by atoms with Gasteiger partial charge in [0.05, 0.1) is 5.41 Å². The Kier molecular flexibility index (Phi) is 2.92. The van der Waals surface area contributed by atoms with E-state index in [0.717, 1.165) is 45.4 Å². The average Bonchev–Trinajstić information content (AvgIpc) is 2.33. The van der Waals surface area contributed by atoms with Crippen LogP contribution in [-0.4, -0.2) is 48.9 Å². The van der Waals surface area contributed by atoms with E-state index in [-0.39, 0.29) is 5.41 Å². The maximum absolute atomic E-state index is 13.5. The Labute approximate surface area is 135 Å². The Balaban J connectivity index is 1.64. The van der Waals surface area contributed by atoms with Crippen molar-refractivity contribution in [2.24, 2.45) is 21.7 Å². The molecule has 1 aliphatic heterocycles. The highest BCUT2D eigenvalue weighted by Crippen LogP contribution is 2.73. The molecule has 3 heteroatoms. The standard InChI is InChI=1S/C19H32N2O/c1-16-9-17(2)11-18(3,10-16)14-19(12-16,13-17)15(22)21-7-5-20(4)6-8-21/h5-14H2,1-4H3. The molecule has 0 atom stereocenters. The summed E-state index contributed by atoms with van der Waals surface area (Å²) in [7, 11) is 2.16. The topological polar surface area (TPSA) is 23.6 Å². The predicted octanol–water partition coefficient (Wildman–Crippen LogP) is 3.15. The number of carbonyl (C=O) groups is 1. The highest BCUT2D eigenvalue weighted by atomic mass is 16.2. The zero-order valence-electron chi connectivity index (χ0n) is 14.9. The number of hydrogen-bond donors (Lipinski definition) is 0. The fraction of sp³-hybridized carbons (Fsp3) is 0.947. The van der Waals surface area contributed by atoms with Crippen molar-refractivity contribution in [3.63, 3.8) is 0 Å². The van der Waals surface area contributed by atoms with Gasteiger partial charge < -0.3 is 9.80 Å². The number of likely N-dealkylation sites (N-methyl/N-ethyl adjacent to an activating group) is 1. The summed E-state index contributed by atoms with van der Waals surface area (Å²) < 4.78 is 0. The molecule has 1 amide bonds. The van der Waals surface area contributed by atoms with E-state index in [4.69, 9.17) is 0 Å². The van der Waals surface area contributed by atoms with Gasteiger partial charge in [-0.1, -0.05) is 20.8 Å². The molecule has 0 spiro atoms. The Morgan fingerprint density at radius 1 is 0.727 bits per heavy atom. The van der Waals surface area contributed by atoms with Gasteiger partial charge in [0.2, 0.25) is 5.91 Å². The molecule has 0 aromatic rings. The second kappa shape index (κ2) is 4.28. The number of piperazine rings is 1. The first-order chi connectivity index (χ1) is 10.2. The van der Waals surface area contributed by atoms with Crippen molar-refractivity contribution in [1.82, 2.24) is 9.80 Å². The first kappa shape index (κ1) is 15.0. The molecule has 1 heterocycles. The molecule has 4 aliphatic carbocycles. The summed E-state index contributed by atoms with van der Waals surface area (Å²) in [6.07, 6.45) is 7.47. The van der Waals surface area contributed by atoms with Gasteiger partial charge in [0.25, 0.3) is 0 Å². The molecule has 5 rings (SSSR count). The van der Waals surface area contributed by atoms with Crippen LogP contribution in [0.1, 0.15) is 59.3 Å². The number of amides is 1. The van der Waals surface area contributed by atoms with Crippen LogP contribution in [-0.2, 0) is 4.79 Å². The molecule has 22 heavy (non-hydrogen) atoms. The monoisotopic (exact) mass is 304 g/mol. The van der Waals surface area contributed by atoms with Crippen LogP contribution in [0.5, 0.6) is 0 Å². The van der Waals surface area contributed by atoms with E-state index < -0.39 is 0 Å². The average molecular weight is 304 g/mol. The van der Waals surface area contributed by atoms with Crippen molar-refractivity contribution in [1.29, 1.82) is 0 Å². The number of carbonyl (C=O) groups excluding carboxylic acids is 1. The molecular formula is C19H32N2O. The van der Waals surface area contributed by atoms with Gasteiger partial charge in [0.15, 0.2) is 0 Å². The molecule has 0 radical (unpaired) electrons. The third-order valence-electron chi connectivity index (χ3n) is 7.10. The molecule has 1 saturated heterocycles. The second-order valence-electron chi connectivity index (χ2n) is 10.4. The molecule has 3 nitrogen and oxygen atoms in total. The lowest BCUT2D eigenvalue weighted by molar-refractivity contribution is -0.199. The van der Waals surface area contributed by atoms with Gasteiger partial charge in [-0.05, 0) is 61.8 Å². The summed E-state index contributed by atoms with van der Waals surface area (Å²) in [6.45, 7) is 11.3. The Morgan fingerprint density at radius 3 is 1.55 bits per heavy atom. The maximum Gasteiger partial charge on any atom is 0.228 e. The van der Waals surface area contributed by atoms with Gasteiger partial charge in [-0.3, -0.25) is 4.79 Å². The van der Waals surface area contributed by atoms with Crippen molar-refractivity contribution in [2.75, 3.05) is 33.2 Å². The molecule has 4 bridgehead atoms.